The molecule has 0 aliphatic heterocycles. The minimum atomic E-state index is -0.503. The van der Waals surface area contributed by atoms with Gasteiger partial charge in [-0.2, -0.15) is 0 Å². The lowest BCUT2D eigenvalue weighted by Gasteiger charge is -2.10. The topological polar surface area (TPSA) is 84.3 Å². The molecule has 0 unspecified atom stereocenters. The van der Waals surface area contributed by atoms with Crippen molar-refractivity contribution in [2.75, 3.05) is 17.2 Å². The maximum absolute atomic E-state index is 11.9. The van der Waals surface area contributed by atoms with Gasteiger partial charge in [0.25, 0.3) is 5.69 Å². The van der Waals surface area contributed by atoms with E-state index >= 15 is 0 Å². The SMILES string of the molecule is Cc1ccc([N+](=O)[O-])cc1NC(=O)CNc1ccccc1Cl. The van der Waals surface area contributed by atoms with Crippen LogP contribution in [-0.2, 0) is 4.79 Å². The lowest BCUT2D eigenvalue weighted by atomic mass is 10.2. The first-order valence-electron chi connectivity index (χ1n) is 6.50. The number of halogens is 1. The smallest absolute Gasteiger partial charge is 0.271 e. The number of carbonyl (C=O) groups is 1. The molecule has 2 rings (SSSR count). The van der Waals surface area contributed by atoms with E-state index in [1.807, 2.05) is 0 Å². The van der Waals surface area contributed by atoms with Crippen LogP contribution in [0.1, 0.15) is 5.56 Å². The third-order valence-electron chi connectivity index (χ3n) is 3.02. The fraction of sp³-hybridized carbons (Fsp3) is 0.133. The van der Waals surface area contributed by atoms with Crippen LogP contribution in [0.3, 0.4) is 0 Å². The molecule has 0 radical (unpaired) electrons. The van der Waals surface area contributed by atoms with Crippen LogP contribution in [0.25, 0.3) is 0 Å². The molecule has 2 N–H and O–H groups in total. The Morgan fingerprint density at radius 2 is 1.95 bits per heavy atom. The van der Waals surface area contributed by atoms with Crippen LogP contribution in [0, 0.1) is 17.0 Å². The zero-order valence-corrected chi connectivity index (χ0v) is 12.6. The van der Waals surface area contributed by atoms with Crippen molar-refractivity contribution in [3.63, 3.8) is 0 Å². The lowest BCUT2D eigenvalue weighted by molar-refractivity contribution is -0.384. The van der Waals surface area contributed by atoms with Gasteiger partial charge >= 0.3 is 0 Å². The van der Waals surface area contributed by atoms with E-state index in [9.17, 15) is 14.9 Å². The van der Waals surface area contributed by atoms with E-state index in [2.05, 4.69) is 10.6 Å². The van der Waals surface area contributed by atoms with Gasteiger partial charge in [0.15, 0.2) is 0 Å². The summed E-state index contributed by atoms with van der Waals surface area (Å²) in [5.41, 5.74) is 1.74. The number of nitrogens with zero attached hydrogens (tertiary/aromatic N) is 1. The molecule has 1 amide bonds. The van der Waals surface area contributed by atoms with Crippen molar-refractivity contribution in [3.05, 3.63) is 63.2 Å². The fourth-order valence-corrected chi connectivity index (χ4v) is 2.04. The number of aryl methyl sites for hydroxylation is 1. The van der Waals surface area contributed by atoms with E-state index < -0.39 is 4.92 Å². The predicted molar refractivity (Wildman–Crippen MR) is 86.4 cm³/mol. The number of rotatable bonds is 5. The monoisotopic (exact) mass is 319 g/mol. The summed E-state index contributed by atoms with van der Waals surface area (Å²) < 4.78 is 0. The molecular weight excluding hydrogens is 306 g/mol. The molecule has 0 atom stereocenters. The number of nitrogens with one attached hydrogen (secondary N) is 2. The Labute approximate surface area is 132 Å². The Morgan fingerprint density at radius 3 is 2.64 bits per heavy atom. The average molecular weight is 320 g/mol. The van der Waals surface area contributed by atoms with Crippen LogP contribution in [-0.4, -0.2) is 17.4 Å². The van der Waals surface area contributed by atoms with Crippen LogP contribution >= 0.6 is 11.6 Å². The number of non-ortho nitro benzene ring substituents is 1. The third kappa shape index (κ3) is 3.95. The maximum Gasteiger partial charge on any atom is 0.271 e. The molecular formula is C15H14ClN3O3. The van der Waals surface area contributed by atoms with Gasteiger partial charge < -0.3 is 10.6 Å². The van der Waals surface area contributed by atoms with Gasteiger partial charge in [-0.25, -0.2) is 0 Å². The molecule has 0 saturated heterocycles. The van der Waals surface area contributed by atoms with Crippen LogP contribution in [0.4, 0.5) is 17.1 Å². The van der Waals surface area contributed by atoms with Gasteiger partial charge in [-0.1, -0.05) is 29.8 Å². The second-order valence-corrected chi connectivity index (χ2v) is 5.05. The minimum absolute atomic E-state index is 0.00582. The number of anilines is 2. The second-order valence-electron chi connectivity index (χ2n) is 4.64. The van der Waals surface area contributed by atoms with Gasteiger partial charge in [-0.05, 0) is 24.6 Å². The first-order chi connectivity index (χ1) is 10.5. The average Bonchev–Trinajstić information content (AvgIpc) is 2.48. The van der Waals surface area contributed by atoms with E-state index in [0.717, 1.165) is 5.56 Å². The summed E-state index contributed by atoms with van der Waals surface area (Å²) in [5.74, 6) is -0.316. The number of hydrogen-bond donors (Lipinski definition) is 2. The summed E-state index contributed by atoms with van der Waals surface area (Å²) in [6, 6.07) is 11.4. The summed E-state index contributed by atoms with van der Waals surface area (Å²) in [4.78, 5) is 22.2. The highest BCUT2D eigenvalue weighted by atomic mass is 35.5. The molecule has 6 nitrogen and oxygen atoms in total. The first-order valence-corrected chi connectivity index (χ1v) is 6.88. The summed E-state index contributed by atoms with van der Waals surface area (Å²) in [6.07, 6.45) is 0. The normalized spacial score (nSPS) is 10.1. The number of nitro groups is 1. The molecule has 0 aliphatic carbocycles. The molecule has 0 spiro atoms. The Kier molecular flexibility index (Phi) is 4.95. The summed E-state index contributed by atoms with van der Waals surface area (Å²) in [7, 11) is 0. The highest BCUT2D eigenvalue weighted by molar-refractivity contribution is 6.33. The number of nitro benzene ring substituents is 1. The zero-order chi connectivity index (χ0) is 16.1. The van der Waals surface area contributed by atoms with Gasteiger partial charge in [-0.3, -0.25) is 14.9 Å². The van der Waals surface area contributed by atoms with Crippen molar-refractivity contribution in [3.8, 4) is 0 Å². The molecule has 0 bridgehead atoms. The van der Waals surface area contributed by atoms with Crippen LogP contribution in [0.5, 0.6) is 0 Å². The zero-order valence-electron chi connectivity index (χ0n) is 11.8. The van der Waals surface area contributed by atoms with Crippen molar-refractivity contribution in [1.29, 1.82) is 0 Å². The highest BCUT2D eigenvalue weighted by Gasteiger charge is 2.11. The standard InChI is InChI=1S/C15H14ClN3O3/c1-10-6-7-11(19(21)22)8-14(10)18-15(20)9-17-13-5-3-2-4-12(13)16/h2-8,17H,9H2,1H3,(H,18,20). The van der Waals surface area contributed by atoms with Gasteiger partial charge in [0.05, 0.1) is 27.9 Å². The van der Waals surface area contributed by atoms with E-state index in [1.165, 1.54) is 12.1 Å². The molecule has 2 aromatic rings. The molecule has 0 aromatic heterocycles. The van der Waals surface area contributed by atoms with E-state index in [-0.39, 0.29) is 18.1 Å². The highest BCUT2D eigenvalue weighted by Crippen LogP contribution is 2.22. The van der Waals surface area contributed by atoms with E-state index in [1.54, 1.807) is 37.3 Å². The number of hydrogen-bond acceptors (Lipinski definition) is 4. The predicted octanol–water partition coefficient (Wildman–Crippen LogP) is 3.61. The van der Waals surface area contributed by atoms with E-state index in [0.29, 0.717) is 16.4 Å². The molecule has 0 saturated carbocycles. The van der Waals surface area contributed by atoms with Crippen LogP contribution < -0.4 is 10.6 Å². The quantitative estimate of drug-likeness (QED) is 0.651. The molecule has 22 heavy (non-hydrogen) atoms. The van der Waals surface area contributed by atoms with Gasteiger partial charge in [-0.15, -0.1) is 0 Å². The number of amides is 1. The number of benzene rings is 2. The molecule has 0 heterocycles. The van der Waals surface area contributed by atoms with Gasteiger partial charge in [0.2, 0.25) is 5.91 Å². The van der Waals surface area contributed by atoms with Crippen molar-refractivity contribution in [2.45, 2.75) is 6.92 Å². The fourth-order valence-electron chi connectivity index (χ4n) is 1.83. The van der Waals surface area contributed by atoms with Crippen LogP contribution in [0.15, 0.2) is 42.5 Å². The van der Waals surface area contributed by atoms with Gasteiger partial charge in [0.1, 0.15) is 0 Å². The Balaban J connectivity index is 2.02. The second kappa shape index (κ2) is 6.91. The summed E-state index contributed by atoms with van der Waals surface area (Å²) in [5, 5.41) is 16.8. The maximum atomic E-state index is 11.9. The summed E-state index contributed by atoms with van der Waals surface area (Å²) in [6.45, 7) is 1.77. The first kappa shape index (κ1) is 15.8. The number of para-hydroxylation sites is 1. The molecule has 114 valence electrons. The van der Waals surface area contributed by atoms with Crippen molar-refractivity contribution in [2.24, 2.45) is 0 Å². The Bertz CT molecular complexity index is 719. The Morgan fingerprint density at radius 1 is 1.23 bits per heavy atom. The third-order valence-corrected chi connectivity index (χ3v) is 3.35. The largest absolute Gasteiger partial charge is 0.375 e. The molecule has 2 aromatic carbocycles. The number of carbonyl (C=O) groups excluding carboxylic acids is 1. The van der Waals surface area contributed by atoms with Gasteiger partial charge in [0, 0.05) is 12.1 Å². The Hall–Kier alpha value is -2.60. The minimum Gasteiger partial charge on any atom is -0.375 e. The van der Waals surface area contributed by atoms with Crippen molar-refractivity contribution < 1.29 is 9.72 Å². The van der Waals surface area contributed by atoms with Crippen molar-refractivity contribution in [1.82, 2.24) is 0 Å². The molecule has 7 heteroatoms. The van der Waals surface area contributed by atoms with E-state index in [4.69, 9.17) is 11.6 Å². The van der Waals surface area contributed by atoms with Crippen molar-refractivity contribution >= 4 is 34.6 Å². The summed E-state index contributed by atoms with van der Waals surface area (Å²) >= 11 is 5.98. The van der Waals surface area contributed by atoms with Crippen LogP contribution in [0.2, 0.25) is 5.02 Å². The molecule has 0 aliphatic rings. The molecule has 0 fully saturated rings. The lowest BCUT2D eigenvalue weighted by Crippen LogP contribution is -2.22.